The molecule has 0 bridgehead atoms. The Hall–Kier alpha value is -13.7. The topological polar surface area (TPSA) is 22.8 Å². The lowest BCUT2D eigenvalue weighted by Gasteiger charge is -2.28. The van der Waals surface area contributed by atoms with Gasteiger partial charge in [-0.3, -0.25) is 0 Å². The predicted octanol–water partition coefficient (Wildman–Crippen LogP) is 27.4. The van der Waals surface area contributed by atoms with Crippen molar-refractivity contribution >= 4 is 112 Å². The van der Waals surface area contributed by atoms with Crippen LogP contribution in [0.15, 0.2) is 400 Å². The van der Waals surface area contributed by atoms with Gasteiger partial charge in [-0.15, -0.1) is 0 Å². The fraction of sp³-hybridized carbons (Fsp3) is 0.0204. The number of fused-ring (bicyclic) bond motifs is 4. The summed E-state index contributed by atoms with van der Waals surface area (Å²) in [4.78, 5) is 9.36. The van der Waals surface area contributed by atoms with Crippen molar-refractivity contribution in [2.45, 2.75) is 13.8 Å². The lowest BCUT2D eigenvalue weighted by molar-refractivity contribution is 1.05. The summed E-state index contributed by atoms with van der Waals surface area (Å²) in [5, 5.41) is 7.24. The first-order chi connectivity index (χ1) is 51.4. The van der Waals surface area contributed by atoms with Crippen LogP contribution in [0.4, 0.5) is 68.2 Å². The molecular formula is C98H72N6. The van der Waals surface area contributed by atoms with Crippen LogP contribution in [0.5, 0.6) is 0 Å². The second-order valence-corrected chi connectivity index (χ2v) is 26.6. The first kappa shape index (κ1) is 62.6. The van der Waals surface area contributed by atoms with E-state index in [2.05, 4.69) is 443 Å². The molecule has 0 spiro atoms. The van der Waals surface area contributed by atoms with E-state index in [0.717, 1.165) is 102 Å². The Morgan fingerprint density at radius 1 is 0.183 bits per heavy atom. The van der Waals surface area contributed by atoms with Crippen molar-refractivity contribution in [3.63, 3.8) is 0 Å². The number of anilines is 12. The molecule has 104 heavy (non-hydrogen) atoms. The van der Waals surface area contributed by atoms with Gasteiger partial charge in [0.2, 0.25) is 0 Å². The third-order valence-electron chi connectivity index (χ3n) is 20.4. The van der Waals surface area contributed by atoms with Crippen molar-refractivity contribution in [2.75, 3.05) is 19.6 Å². The first-order valence-corrected chi connectivity index (χ1v) is 35.6. The van der Waals surface area contributed by atoms with E-state index in [1.807, 2.05) is 0 Å². The molecule has 0 atom stereocenters. The van der Waals surface area contributed by atoms with Crippen molar-refractivity contribution in [3.8, 4) is 44.8 Å². The molecule has 494 valence electrons. The summed E-state index contributed by atoms with van der Waals surface area (Å²) in [5.41, 5.74) is 26.9. The number of nitrogens with zero attached hydrogens (tertiary/aromatic N) is 6. The highest BCUT2D eigenvalue weighted by atomic mass is 15.2. The Morgan fingerprint density at radius 2 is 0.423 bits per heavy atom. The first-order valence-electron chi connectivity index (χ1n) is 35.6. The standard InChI is InChI=1S/C98H72N6/c1-69-97(73-27-9-3-10-28-73)93-67-77(43-63-95(93)99(69)83-47-51-85(52-48-83)101(79-33-13-5-14-34-79)87-55-59-89(60-56-87)103(81-37-17-7-18-38-81)91-45-41-71-25-21-23-31-75(71)65-91)78-44-64-96-94(68-78)98(74-29-11-4-12-30-74)70(2)100(96)84-49-53-86(54-50-84)102(80-35-15-6-16-36-80)88-57-61-90(62-58-88)104(82-39-19-8-20-40-82)92-46-42-72-26-22-24-32-76(72)66-92/h3-68H,1-2H3. The molecule has 0 aliphatic rings. The molecule has 0 saturated carbocycles. The number of hydrogen-bond donors (Lipinski definition) is 0. The van der Waals surface area contributed by atoms with Crippen LogP contribution in [0.3, 0.4) is 0 Å². The fourth-order valence-electron chi connectivity index (χ4n) is 15.5. The number of benzene rings is 16. The highest BCUT2D eigenvalue weighted by molar-refractivity contribution is 6.05. The van der Waals surface area contributed by atoms with E-state index < -0.39 is 0 Å². The Labute approximate surface area is 607 Å². The Kier molecular flexibility index (Phi) is 16.3. The Bertz CT molecular complexity index is 5700. The normalized spacial score (nSPS) is 11.4. The molecule has 0 saturated heterocycles. The molecule has 0 radical (unpaired) electrons. The van der Waals surface area contributed by atoms with E-state index in [-0.39, 0.29) is 0 Å². The average Bonchev–Trinajstić information content (AvgIpc) is 1.58. The number of aromatic nitrogens is 2. The van der Waals surface area contributed by atoms with Crippen LogP contribution in [-0.2, 0) is 0 Å². The number of hydrogen-bond acceptors (Lipinski definition) is 4. The molecule has 2 heterocycles. The summed E-state index contributed by atoms with van der Waals surface area (Å²) < 4.78 is 4.87. The van der Waals surface area contributed by atoms with Gasteiger partial charge in [0.15, 0.2) is 0 Å². The molecule has 2 aromatic heterocycles. The van der Waals surface area contributed by atoms with Gasteiger partial charge in [-0.05, 0) is 252 Å². The lowest BCUT2D eigenvalue weighted by atomic mass is 9.96. The van der Waals surface area contributed by atoms with E-state index >= 15 is 0 Å². The summed E-state index contributed by atoms with van der Waals surface area (Å²) in [6.45, 7) is 4.54. The van der Waals surface area contributed by atoms with Gasteiger partial charge in [0.25, 0.3) is 0 Å². The van der Waals surface area contributed by atoms with Crippen LogP contribution in [0.25, 0.3) is 88.1 Å². The van der Waals surface area contributed by atoms with Crippen molar-refractivity contribution in [1.29, 1.82) is 0 Å². The fourth-order valence-corrected chi connectivity index (χ4v) is 15.5. The van der Waals surface area contributed by atoms with E-state index in [1.165, 1.54) is 66.0 Å². The van der Waals surface area contributed by atoms with Gasteiger partial charge in [-0.2, -0.15) is 0 Å². The number of para-hydroxylation sites is 4. The third kappa shape index (κ3) is 11.7. The van der Waals surface area contributed by atoms with Gasteiger partial charge in [0.1, 0.15) is 0 Å². The molecule has 0 unspecified atom stereocenters. The van der Waals surface area contributed by atoms with E-state index in [1.54, 1.807) is 0 Å². The van der Waals surface area contributed by atoms with Crippen molar-refractivity contribution in [2.24, 2.45) is 0 Å². The lowest BCUT2D eigenvalue weighted by Crippen LogP contribution is -2.12. The minimum absolute atomic E-state index is 1.06. The summed E-state index contributed by atoms with van der Waals surface area (Å²) in [5.74, 6) is 0. The van der Waals surface area contributed by atoms with Crippen LogP contribution < -0.4 is 19.6 Å². The van der Waals surface area contributed by atoms with Gasteiger partial charge in [0, 0.05) is 113 Å². The SMILES string of the molecule is Cc1c(-c2ccccc2)c2cc(-c3ccc4c(c3)c(-c3ccccc3)c(C)n4-c3ccc(N(c4ccccc4)c4ccc(N(c5ccccc5)c5ccc6ccccc6c5)cc4)cc3)ccc2n1-c1ccc(N(c2ccccc2)c2ccc(N(c3ccccc3)c3ccc4ccccc4c3)cc2)cc1. The molecule has 0 aliphatic carbocycles. The monoisotopic (exact) mass is 1330 g/mol. The zero-order valence-electron chi connectivity index (χ0n) is 57.8. The molecule has 0 aliphatic heterocycles. The largest absolute Gasteiger partial charge is 0.313 e. The average molecular weight is 1330 g/mol. The maximum atomic E-state index is 2.44. The van der Waals surface area contributed by atoms with Gasteiger partial charge in [-0.1, -0.05) is 206 Å². The number of rotatable bonds is 17. The highest BCUT2D eigenvalue weighted by Gasteiger charge is 2.24. The highest BCUT2D eigenvalue weighted by Crippen LogP contribution is 2.46. The van der Waals surface area contributed by atoms with Crippen LogP contribution in [0.1, 0.15) is 11.4 Å². The minimum atomic E-state index is 1.06. The quantitative estimate of drug-likeness (QED) is 0.0906. The molecule has 6 heteroatoms. The summed E-state index contributed by atoms with van der Waals surface area (Å²) >= 11 is 0. The van der Waals surface area contributed by atoms with Crippen molar-refractivity contribution in [1.82, 2.24) is 9.13 Å². The molecule has 0 fully saturated rings. The molecule has 18 aromatic rings. The smallest absolute Gasteiger partial charge is 0.0538 e. The third-order valence-corrected chi connectivity index (χ3v) is 20.4. The molecule has 0 amide bonds. The van der Waals surface area contributed by atoms with E-state index in [9.17, 15) is 0 Å². The summed E-state index contributed by atoms with van der Waals surface area (Å²) in [6, 6.07) is 145. The van der Waals surface area contributed by atoms with Gasteiger partial charge in [0.05, 0.1) is 11.0 Å². The Balaban J connectivity index is 0.682. The maximum Gasteiger partial charge on any atom is 0.0538 e. The predicted molar refractivity (Wildman–Crippen MR) is 440 cm³/mol. The molecule has 16 aromatic carbocycles. The zero-order chi connectivity index (χ0) is 69.5. The van der Waals surface area contributed by atoms with Crippen LogP contribution >= 0.6 is 0 Å². The maximum absolute atomic E-state index is 2.44. The summed E-state index contributed by atoms with van der Waals surface area (Å²) in [6.07, 6.45) is 0. The second kappa shape index (κ2) is 27.1. The zero-order valence-corrected chi connectivity index (χ0v) is 57.8. The van der Waals surface area contributed by atoms with Crippen LogP contribution in [-0.4, -0.2) is 9.13 Å². The van der Waals surface area contributed by atoms with Gasteiger partial charge >= 0.3 is 0 Å². The van der Waals surface area contributed by atoms with E-state index in [0.29, 0.717) is 0 Å². The van der Waals surface area contributed by atoms with Gasteiger partial charge < -0.3 is 28.7 Å². The summed E-state index contributed by atoms with van der Waals surface area (Å²) in [7, 11) is 0. The van der Waals surface area contributed by atoms with Crippen molar-refractivity contribution in [3.05, 3.63) is 412 Å². The van der Waals surface area contributed by atoms with Crippen molar-refractivity contribution < 1.29 is 0 Å². The van der Waals surface area contributed by atoms with Crippen LogP contribution in [0.2, 0.25) is 0 Å². The molecule has 18 rings (SSSR count). The van der Waals surface area contributed by atoms with Crippen LogP contribution in [0, 0.1) is 13.8 Å². The molecular weight excluding hydrogens is 1260 g/mol. The van der Waals surface area contributed by atoms with E-state index in [4.69, 9.17) is 0 Å². The second-order valence-electron chi connectivity index (χ2n) is 26.6. The molecule has 6 nitrogen and oxygen atoms in total. The minimum Gasteiger partial charge on any atom is -0.313 e. The molecule has 0 N–H and O–H groups in total. The Morgan fingerprint density at radius 3 is 0.731 bits per heavy atom. The van der Waals surface area contributed by atoms with Gasteiger partial charge in [-0.25, -0.2) is 0 Å².